The predicted octanol–water partition coefficient (Wildman–Crippen LogP) is 7.49. The second kappa shape index (κ2) is 14.2. The third-order valence-corrected chi connectivity index (χ3v) is 5.85. The SMILES string of the molecule is CCCCCCCCCCCCOc1ccc(-c2nnc(-c3ccc(C(=O)OC)cc3)o2)cc1. The van der Waals surface area contributed by atoms with Gasteiger partial charge in [-0.05, 0) is 55.0 Å². The fourth-order valence-electron chi connectivity index (χ4n) is 3.80. The van der Waals surface area contributed by atoms with Crippen LogP contribution in [0.3, 0.4) is 0 Å². The van der Waals surface area contributed by atoms with Crippen molar-refractivity contribution in [3.63, 3.8) is 0 Å². The molecule has 0 spiro atoms. The number of methoxy groups -OCH3 is 1. The van der Waals surface area contributed by atoms with Crippen LogP contribution >= 0.6 is 0 Å². The smallest absolute Gasteiger partial charge is 0.337 e. The summed E-state index contributed by atoms with van der Waals surface area (Å²) >= 11 is 0. The Kier molecular flexibility index (Phi) is 10.6. The largest absolute Gasteiger partial charge is 0.494 e. The maximum atomic E-state index is 11.6. The van der Waals surface area contributed by atoms with Crippen LogP contribution in [0.5, 0.6) is 5.75 Å². The average molecular weight is 465 g/mol. The molecule has 3 rings (SSSR count). The number of aromatic nitrogens is 2. The quantitative estimate of drug-likeness (QED) is 0.171. The monoisotopic (exact) mass is 464 g/mol. The second-order valence-electron chi connectivity index (χ2n) is 8.54. The summed E-state index contributed by atoms with van der Waals surface area (Å²) in [6.45, 7) is 3.00. The summed E-state index contributed by atoms with van der Waals surface area (Å²) in [6.07, 6.45) is 13.2. The highest BCUT2D eigenvalue weighted by molar-refractivity contribution is 5.89. The third-order valence-electron chi connectivity index (χ3n) is 5.85. The van der Waals surface area contributed by atoms with Crippen LogP contribution in [0.2, 0.25) is 0 Å². The summed E-state index contributed by atoms with van der Waals surface area (Å²) in [6, 6.07) is 14.6. The first kappa shape index (κ1) is 25.5. The van der Waals surface area contributed by atoms with Gasteiger partial charge in [-0.25, -0.2) is 4.79 Å². The Bertz CT molecular complexity index is 980. The van der Waals surface area contributed by atoms with E-state index in [1.807, 2.05) is 24.3 Å². The standard InChI is InChI=1S/C28H36N2O4/c1-3-4-5-6-7-8-9-10-11-12-21-33-25-19-17-23(18-20-25)27-30-29-26(34-27)22-13-15-24(16-14-22)28(31)32-2/h13-20H,3-12,21H2,1-2H3. The van der Waals surface area contributed by atoms with Gasteiger partial charge in [0.05, 0.1) is 19.3 Å². The van der Waals surface area contributed by atoms with Crippen molar-refractivity contribution in [1.29, 1.82) is 0 Å². The molecule has 6 nitrogen and oxygen atoms in total. The van der Waals surface area contributed by atoms with Crippen LogP contribution in [-0.2, 0) is 4.74 Å². The number of nitrogens with zero attached hydrogens (tertiary/aromatic N) is 2. The van der Waals surface area contributed by atoms with Crippen molar-refractivity contribution in [1.82, 2.24) is 10.2 Å². The first-order chi connectivity index (χ1) is 16.7. The van der Waals surface area contributed by atoms with Gasteiger partial charge in [-0.15, -0.1) is 10.2 Å². The summed E-state index contributed by atoms with van der Waals surface area (Å²) in [4.78, 5) is 11.6. The van der Waals surface area contributed by atoms with Gasteiger partial charge in [0.25, 0.3) is 0 Å². The van der Waals surface area contributed by atoms with Gasteiger partial charge in [-0.2, -0.15) is 0 Å². The number of carbonyl (C=O) groups excluding carboxylic acids is 1. The highest BCUT2D eigenvalue weighted by atomic mass is 16.5. The molecule has 0 aliphatic heterocycles. The molecule has 0 saturated heterocycles. The molecule has 0 fully saturated rings. The molecular weight excluding hydrogens is 428 g/mol. The molecule has 34 heavy (non-hydrogen) atoms. The van der Waals surface area contributed by atoms with Gasteiger partial charge in [-0.1, -0.05) is 64.7 Å². The van der Waals surface area contributed by atoms with Crippen molar-refractivity contribution in [2.24, 2.45) is 0 Å². The van der Waals surface area contributed by atoms with Crippen molar-refractivity contribution in [3.05, 3.63) is 54.1 Å². The van der Waals surface area contributed by atoms with Gasteiger partial charge in [0.1, 0.15) is 5.75 Å². The molecular formula is C28H36N2O4. The molecule has 1 aromatic heterocycles. The Morgan fingerprint density at radius 2 is 1.24 bits per heavy atom. The molecule has 0 radical (unpaired) electrons. The fourth-order valence-corrected chi connectivity index (χ4v) is 3.80. The molecule has 0 amide bonds. The molecule has 6 heteroatoms. The van der Waals surface area contributed by atoms with Crippen LogP contribution < -0.4 is 4.74 Å². The van der Waals surface area contributed by atoms with E-state index in [0.29, 0.717) is 17.3 Å². The zero-order valence-corrected chi connectivity index (χ0v) is 20.4. The number of esters is 1. The molecule has 0 unspecified atom stereocenters. The Morgan fingerprint density at radius 1 is 0.735 bits per heavy atom. The second-order valence-corrected chi connectivity index (χ2v) is 8.54. The van der Waals surface area contributed by atoms with Crippen LogP contribution in [0.1, 0.15) is 81.5 Å². The molecule has 3 aromatic rings. The van der Waals surface area contributed by atoms with Crippen molar-refractivity contribution >= 4 is 5.97 Å². The van der Waals surface area contributed by atoms with E-state index in [0.717, 1.165) is 29.9 Å². The lowest BCUT2D eigenvalue weighted by molar-refractivity contribution is 0.0600. The Balaban J connectivity index is 1.38. The number of benzene rings is 2. The Hall–Kier alpha value is -3.15. The summed E-state index contributed by atoms with van der Waals surface area (Å²) in [5.41, 5.74) is 2.04. The zero-order valence-electron chi connectivity index (χ0n) is 20.4. The number of hydrogen-bond donors (Lipinski definition) is 0. The van der Waals surface area contributed by atoms with Crippen molar-refractivity contribution in [2.75, 3.05) is 13.7 Å². The minimum Gasteiger partial charge on any atom is -0.494 e. The molecule has 0 aliphatic carbocycles. The summed E-state index contributed by atoms with van der Waals surface area (Å²) in [5.74, 6) is 1.30. The highest BCUT2D eigenvalue weighted by Gasteiger charge is 2.12. The number of ether oxygens (including phenoxy) is 2. The molecule has 0 atom stereocenters. The van der Waals surface area contributed by atoms with Crippen molar-refractivity contribution in [3.8, 4) is 28.7 Å². The van der Waals surface area contributed by atoms with E-state index < -0.39 is 0 Å². The molecule has 182 valence electrons. The normalized spacial score (nSPS) is 10.9. The highest BCUT2D eigenvalue weighted by Crippen LogP contribution is 2.26. The van der Waals surface area contributed by atoms with Crippen LogP contribution in [0.4, 0.5) is 0 Å². The van der Waals surface area contributed by atoms with E-state index in [4.69, 9.17) is 13.9 Å². The lowest BCUT2D eigenvalue weighted by Gasteiger charge is -2.06. The average Bonchev–Trinajstić information content (AvgIpc) is 3.37. The fraction of sp³-hybridized carbons (Fsp3) is 0.464. The summed E-state index contributed by atoms with van der Waals surface area (Å²) in [7, 11) is 1.36. The predicted molar refractivity (Wildman–Crippen MR) is 134 cm³/mol. The molecule has 0 saturated carbocycles. The van der Waals surface area contributed by atoms with E-state index in [2.05, 4.69) is 17.1 Å². The molecule has 2 aromatic carbocycles. The van der Waals surface area contributed by atoms with Gasteiger partial charge in [0.2, 0.25) is 11.8 Å². The topological polar surface area (TPSA) is 74.5 Å². The Morgan fingerprint density at radius 3 is 1.76 bits per heavy atom. The summed E-state index contributed by atoms with van der Waals surface area (Å²) < 4.78 is 16.4. The van der Waals surface area contributed by atoms with Gasteiger partial charge < -0.3 is 13.9 Å². The van der Waals surface area contributed by atoms with E-state index in [9.17, 15) is 4.79 Å². The van der Waals surface area contributed by atoms with E-state index in [-0.39, 0.29) is 5.97 Å². The van der Waals surface area contributed by atoms with E-state index in [1.54, 1.807) is 24.3 Å². The van der Waals surface area contributed by atoms with E-state index in [1.165, 1.54) is 64.9 Å². The lowest BCUT2D eigenvalue weighted by atomic mass is 10.1. The minimum atomic E-state index is -0.381. The zero-order chi connectivity index (χ0) is 24.0. The lowest BCUT2D eigenvalue weighted by Crippen LogP contribution is -2.00. The summed E-state index contributed by atoms with van der Waals surface area (Å²) in [5, 5.41) is 8.27. The van der Waals surface area contributed by atoms with Crippen molar-refractivity contribution < 1.29 is 18.7 Å². The van der Waals surface area contributed by atoms with Gasteiger partial charge in [-0.3, -0.25) is 0 Å². The van der Waals surface area contributed by atoms with Crippen molar-refractivity contribution in [2.45, 2.75) is 71.1 Å². The number of hydrogen-bond acceptors (Lipinski definition) is 6. The molecule has 0 N–H and O–H groups in total. The van der Waals surface area contributed by atoms with E-state index >= 15 is 0 Å². The van der Waals surface area contributed by atoms with Crippen LogP contribution in [0, 0.1) is 0 Å². The van der Waals surface area contributed by atoms with Gasteiger partial charge >= 0.3 is 5.97 Å². The first-order valence-electron chi connectivity index (χ1n) is 12.5. The third kappa shape index (κ3) is 8.01. The maximum Gasteiger partial charge on any atom is 0.337 e. The van der Waals surface area contributed by atoms with Crippen LogP contribution in [-0.4, -0.2) is 29.9 Å². The number of carbonyl (C=O) groups is 1. The maximum absolute atomic E-state index is 11.6. The van der Waals surface area contributed by atoms with Gasteiger partial charge in [0, 0.05) is 11.1 Å². The number of unbranched alkanes of at least 4 members (excludes halogenated alkanes) is 9. The van der Waals surface area contributed by atoms with Crippen LogP contribution in [0.25, 0.3) is 22.9 Å². The van der Waals surface area contributed by atoms with Gasteiger partial charge in [0.15, 0.2) is 0 Å². The van der Waals surface area contributed by atoms with Crippen LogP contribution in [0.15, 0.2) is 52.9 Å². The molecule has 0 aliphatic rings. The minimum absolute atomic E-state index is 0.381. The number of rotatable bonds is 15. The Labute approximate surface area is 202 Å². The molecule has 0 bridgehead atoms. The molecule has 1 heterocycles. The first-order valence-corrected chi connectivity index (χ1v) is 12.5.